The smallest absolute Gasteiger partial charge is 0.221 e. The van der Waals surface area contributed by atoms with Crippen molar-refractivity contribution >= 4 is 12.2 Å². The highest BCUT2D eigenvalue weighted by molar-refractivity contribution is 5.84. The lowest BCUT2D eigenvalue weighted by molar-refractivity contribution is 0.411. The molecule has 2 aromatic rings. The molecule has 1 heterocycles. The first kappa shape index (κ1) is 12.2. The van der Waals surface area contributed by atoms with Gasteiger partial charge in [0.2, 0.25) is 5.95 Å². The molecule has 0 amide bonds. The molecule has 94 valence electrons. The van der Waals surface area contributed by atoms with Gasteiger partial charge in [0, 0.05) is 5.56 Å². The predicted octanol–water partition coefficient (Wildman–Crippen LogP) is 1.97. The highest BCUT2D eigenvalue weighted by Crippen LogP contribution is 2.21. The molecule has 18 heavy (non-hydrogen) atoms. The summed E-state index contributed by atoms with van der Waals surface area (Å²) >= 11 is 0. The average molecular weight is 244 g/mol. The zero-order valence-corrected chi connectivity index (χ0v) is 10.7. The number of methoxy groups -OCH3 is 1. The Balaban J connectivity index is 2.34. The molecule has 0 aliphatic rings. The Labute approximate surface area is 106 Å². The molecule has 1 aromatic heterocycles. The molecule has 5 nitrogen and oxygen atoms in total. The van der Waals surface area contributed by atoms with Gasteiger partial charge in [-0.3, -0.25) is 0 Å². The van der Waals surface area contributed by atoms with Crippen molar-refractivity contribution in [2.75, 3.05) is 12.8 Å². The van der Waals surface area contributed by atoms with E-state index < -0.39 is 0 Å². The molecule has 5 heteroatoms. The molecule has 0 saturated carbocycles. The Morgan fingerprint density at radius 2 is 2.17 bits per heavy atom. The topological polar surface area (TPSA) is 65.4 Å². The van der Waals surface area contributed by atoms with Crippen molar-refractivity contribution < 1.29 is 4.74 Å². The number of hydrogen-bond donors (Lipinski definition) is 1. The third kappa shape index (κ3) is 2.34. The lowest BCUT2D eigenvalue weighted by Gasteiger charge is -2.07. The van der Waals surface area contributed by atoms with Crippen LogP contribution < -0.4 is 10.5 Å². The van der Waals surface area contributed by atoms with Gasteiger partial charge < -0.3 is 10.5 Å². The average Bonchev–Trinajstić information content (AvgIpc) is 2.65. The first-order valence-electron chi connectivity index (χ1n) is 5.61. The Hall–Kier alpha value is -2.30. The lowest BCUT2D eigenvalue weighted by Crippen LogP contribution is -1.98. The van der Waals surface area contributed by atoms with Crippen LogP contribution in [-0.4, -0.2) is 23.0 Å². The maximum atomic E-state index is 5.71. The number of nitrogens with zero attached hydrogens (tertiary/aromatic N) is 3. The number of ether oxygens (including phenoxy) is 1. The summed E-state index contributed by atoms with van der Waals surface area (Å²) in [5.74, 6) is 1.19. The summed E-state index contributed by atoms with van der Waals surface area (Å²) in [5, 5.41) is 4.27. The third-order valence-electron chi connectivity index (χ3n) is 2.60. The molecule has 1 aromatic carbocycles. The number of nitrogen functional groups attached to an aromatic ring is 1. The first-order valence-corrected chi connectivity index (χ1v) is 5.61. The van der Waals surface area contributed by atoms with Gasteiger partial charge in [0.25, 0.3) is 0 Å². The molecule has 0 aliphatic heterocycles. The summed E-state index contributed by atoms with van der Waals surface area (Å²) in [4.78, 5) is 4.08. The number of aromatic nitrogens is 2. The van der Waals surface area contributed by atoms with Gasteiger partial charge in [0.1, 0.15) is 5.75 Å². The number of rotatable bonds is 3. The molecule has 0 aliphatic carbocycles. The minimum atomic E-state index is 0.371. The molecular weight excluding hydrogens is 228 g/mol. The minimum Gasteiger partial charge on any atom is -0.496 e. The highest BCUT2D eigenvalue weighted by atomic mass is 16.5. The van der Waals surface area contributed by atoms with Crippen molar-refractivity contribution in [2.24, 2.45) is 5.10 Å². The summed E-state index contributed by atoms with van der Waals surface area (Å²) in [7, 11) is 1.65. The monoisotopic (exact) mass is 244 g/mol. The highest BCUT2D eigenvalue weighted by Gasteiger charge is 2.04. The summed E-state index contributed by atoms with van der Waals surface area (Å²) < 4.78 is 6.89. The van der Waals surface area contributed by atoms with Crippen molar-refractivity contribution in [3.05, 3.63) is 41.2 Å². The van der Waals surface area contributed by atoms with E-state index in [4.69, 9.17) is 10.5 Å². The number of para-hydroxylation sites is 1. The molecule has 2 rings (SSSR count). The van der Waals surface area contributed by atoms with Gasteiger partial charge in [0.15, 0.2) is 0 Å². The second-order valence-corrected chi connectivity index (χ2v) is 4.03. The molecule has 0 fully saturated rings. The zero-order valence-electron chi connectivity index (χ0n) is 10.7. The van der Waals surface area contributed by atoms with Crippen molar-refractivity contribution in [1.29, 1.82) is 0 Å². The largest absolute Gasteiger partial charge is 0.496 e. The first-order chi connectivity index (χ1) is 8.61. The number of benzene rings is 1. The van der Waals surface area contributed by atoms with Gasteiger partial charge >= 0.3 is 0 Å². The number of imidazole rings is 1. The second kappa shape index (κ2) is 4.91. The van der Waals surface area contributed by atoms with E-state index in [9.17, 15) is 0 Å². The zero-order chi connectivity index (χ0) is 13.1. The number of hydrogen-bond acceptors (Lipinski definition) is 4. The van der Waals surface area contributed by atoms with Crippen LogP contribution in [0, 0.1) is 13.8 Å². The van der Waals surface area contributed by atoms with E-state index in [0.29, 0.717) is 5.95 Å². The van der Waals surface area contributed by atoms with E-state index in [1.54, 1.807) is 19.5 Å². The summed E-state index contributed by atoms with van der Waals surface area (Å²) in [5.41, 5.74) is 8.52. The molecule has 0 radical (unpaired) electrons. The van der Waals surface area contributed by atoms with Crippen LogP contribution in [0.5, 0.6) is 5.75 Å². The lowest BCUT2D eigenvalue weighted by atomic mass is 10.1. The SMILES string of the molecule is COc1c(C)cccc1C=Nn1cc(C)nc1N. The minimum absolute atomic E-state index is 0.371. The Morgan fingerprint density at radius 3 is 2.78 bits per heavy atom. The van der Waals surface area contributed by atoms with E-state index in [0.717, 1.165) is 22.6 Å². The van der Waals surface area contributed by atoms with E-state index in [1.165, 1.54) is 4.68 Å². The van der Waals surface area contributed by atoms with Gasteiger partial charge in [-0.25, -0.2) is 9.66 Å². The van der Waals surface area contributed by atoms with E-state index in [2.05, 4.69) is 10.1 Å². The molecule has 0 saturated heterocycles. The molecule has 0 atom stereocenters. The fourth-order valence-electron chi connectivity index (χ4n) is 1.78. The van der Waals surface area contributed by atoms with Gasteiger partial charge in [-0.1, -0.05) is 12.1 Å². The van der Waals surface area contributed by atoms with Gasteiger partial charge in [-0.2, -0.15) is 5.10 Å². The molecular formula is C13H16N4O. The summed E-state index contributed by atoms with van der Waals surface area (Å²) in [6.07, 6.45) is 3.48. The van der Waals surface area contributed by atoms with Crippen LogP contribution >= 0.6 is 0 Å². The standard InChI is InChI=1S/C13H16N4O/c1-9-5-4-6-11(12(9)18-3)7-15-17-8-10(2)16-13(17)14/h4-8H,1-3H3,(H2,14,16). The normalized spacial score (nSPS) is 11.1. The fourth-order valence-corrected chi connectivity index (χ4v) is 1.78. The summed E-state index contributed by atoms with van der Waals surface area (Å²) in [6, 6.07) is 5.89. The van der Waals surface area contributed by atoms with Gasteiger partial charge in [0.05, 0.1) is 25.2 Å². The van der Waals surface area contributed by atoms with Crippen LogP contribution in [0.15, 0.2) is 29.5 Å². The molecule has 0 bridgehead atoms. The Kier molecular flexibility index (Phi) is 3.32. The number of nitrogens with two attached hydrogens (primary N) is 1. The van der Waals surface area contributed by atoms with Crippen molar-refractivity contribution in [3.63, 3.8) is 0 Å². The number of anilines is 1. The maximum absolute atomic E-state index is 5.71. The number of aryl methyl sites for hydroxylation is 2. The van der Waals surface area contributed by atoms with Crippen LogP contribution in [0.2, 0.25) is 0 Å². The fraction of sp³-hybridized carbons (Fsp3) is 0.231. The third-order valence-corrected chi connectivity index (χ3v) is 2.60. The van der Waals surface area contributed by atoms with E-state index in [1.807, 2.05) is 32.0 Å². The van der Waals surface area contributed by atoms with Crippen LogP contribution in [-0.2, 0) is 0 Å². The van der Waals surface area contributed by atoms with Crippen molar-refractivity contribution in [1.82, 2.24) is 9.66 Å². The summed E-state index contributed by atoms with van der Waals surface area (Å²) in [6.45, 7) is 3.86. The molecule has 0 spiro atoms. The molecule has 2 N–H and O–H groups in total. The van der Waals surface area contributed by atoms with Crippen LogP contribution in [0.3, 0.4) is 0 Å². The van der Waals surface area contributed by atoms with Crippen molar-refractivity contribution in [3.8, 4) is 5.75 Å². The second-order valence-electron chi connectivity index (χ2n) is 4.03. The quantitative estimate of drug-likeness (QED) is 0.839. The van der Waals surface area contributed by atoms with E-state index in [-0.39, 0.29) is 0 Å². The van der Waals surface area contributed by atoms with Crippen molar-refractivity contribution in [2.45, 2.75) is 13.8 Å². The predicted molar refractivity (Wildman–Crippen MR) is 72.1 cm³/mol. The van der Waals surface area contributed by atoms with Crippen LogP contribution in [0.4, 0.5) is 5.95 Å². The van der Waals surface area contributed by atoms with Gasteiger partial charge in [-0.05, 0) is 25.5 Å². The Bertz CT molecular complexity index is 587. The Morgan fingerprint density at radius 1 is 1.39 bits per heavy atom. The van der Waals surface area contributed by atoms with E-state index >= 15 is 0 Å². The maximum Gasteiger partial charge on any atom is 0.221 e. The molecule has 0 unspecified atom stereocenters. The van der Waals surface area contributed by atoms with Crippen LogP contribution in [0.1, 0.15) is 16.8 Å². The van der Waals surface area contributed by atoms with Crippen LogP contribution in [0.25, 0.3) is 0 Å². The van der Waals surface area contributed by atoms with Gasteiger partial charge in [-0.15, -0.1) is 0 Å².